The van der Waals surface area contributed by atoms with Gasteiger partial charge < -0.3 is 16.8 Å². The molecule has 0 saturated carbocycles. The highest BCUT2D eigenvalue weighted by Crippen LogP contribution is 2.02. The zero-order chi connectivity index (χ0) is 16.9. The van der Waals surface area contributed by atoms with Crippen molar-refractivity contribution in [1.82, 2.24) is 5.32 Å². The summed E-state index contributed by atoms with van der Waals surface area (Å²) >= 11 is 0. The van der Waals surface area contributed by atoms with E-state index < -0.39 is 6.04 Å². The number of rotatable bonds is 6. The summed E-state index contributed by atoms with van der Waals surface area (Å²) in [7, 11) is 0. The molecule has 122 valence electrons. The summed E-state index contributed by atoms with van der Waals surface area (Å²) in [6, 6.07) is 19.4. The van der Waals surface area contributed by atoms with E-state index in [1.165, 1.54) is 5.56 Å². The van der Waals surface area contributed by atoms with Crippen LogP contribution in [0.1, 0.15) is 11.1 Å². The van der Waals surface area contributed by atoms with E-state index in [1.54, 1.807) is 0 Å². The van der Waals surface area contributed by atoms with Gasteiger partial charge in [-0.1, -0.05) is 60.7 Å². The maximum absolute atomic E-state index is 11.9. The molecule has 0 heterocycles. The largest absolute Gasteiger partial charge is 0.372 e. The fourth-order valence-electron chi connectivity index (χ4n) is 2.07. The highest BCUT2D eigenvalue weighted by atomic mass is 16.2. The van der Waals surface area contributed by atoms with Crippen LogP contribution in [0, 0.1) is 0 Å². The molecule has 0 spiro atoms. The number of carbonyl (C=O) groups is 2. The van der Waals surface area contributed by atoms with Crippen molar-refractivity contribution in [1.29, 1.82) is 0 Å². The molecule has 0 radical (unpaired) electrons. The Morgan fingerprint density at radius 3 is 2.00 bits per heavy atom. The van der Waals surface area contributed by atoms with E-state index in [0.29, 0.717) is 13.0 Å². The second kappa shape index (κ2) is 11.0. The van der Waals surface area contributed by atoms with Gasteiger partial charge in [-0.3, -0.25) is 9.59 Å². The van der Waals surface area contributed by atoms with Crippen molar-refractivity contribution in [3.8, 4) is 0 Å². The second-order valence-corrected chi connectivity index (χ2v) is 4.96. The first kappa shape index (κ1) is 18.4. The third-order valence-corrected chi connectivity index (χ3v) is 3.19. The minimum Gasteiger partial charge on any atom is -0.372 e. The molecule has 0 fully saturated rings. The fourth-order valence-corrected chi connectivity index (χ4v) is 2.07. The number of hydrogen-bond acceptors (Lipinski definition) is 3. The molecule has 0 saturated heterocycles. The second-order valence-electron chi connectivity index (χ2n) is 4.96. The standard InChI is InChI=1S/C17H20N2O.CH3NO/c18-16(13-15-9-5-2-6-10-15)17(20)19-12-11-14-7-3-1-4-8-14;2-1-3/h1-10,16H,11-13,18H2,(H,19,20);1H,(H2,2,3). The Balaban J connectivity index is 0.000000816. The normalized spacial score (nSPS) is 10.8. The lowest BCUT2D eigenvalue weighted by molar-refractivity contribution is -0.122. The van der Waals surface area contributed by atoms with Crippen LogP contribution in [0.3, 0.4) is 0 Å². The molecule has 2 rings (SSSR count). The molecule has 1 atom stereocenters. The van der Waals surface area contributed by atoms with Crippen LogP contribution in [0.4, 0.5) is 0 Å². The van der Waals surface area contributed by atoms with Gasteiger partial charge in [-0.2, -0.15) is 0 Å². The van der Waals surface area contributed by atoms with Gasteiger partial charge in [0.2, 0.25) is 12.3 Å². The molecule has 0 aliphatic heterocycles. The molecule has 0 aromatic heterocycles. The Labute approximate surface area is 136 Å². The molecule has 2 aromatic rings. The Bertz CT molecular complexity index is 573. The van der Waals surface area contributed by atoms with Gasteiger partial charge in [-0.05, 0) is 24.0 Å². The van der Waals surface area contributed by atoms with Crippen LogP contribution < -0.4 is 16.8 Å². The van der Waals surface area contributed by atoms with Crippen molar-refractivity contribution in [2.45, 2.75) is 18.9 Å². The maximum atomic E-state index is 11.9. The average molecular weight is 313 g/mol. The quantitative estimate of drug-likeness (QED) is 0.694. The highest BCUT2D eigenvalue weighted by molar-refractivity contribution is 5.81. The van der Waals surface area contributed by atoms with E-state index in [2.05, 4.69) is 23.2 Å². The van der Waals surface area contributed by atoms with E-state index in [-0.39, 0.29) is 12.3 Å². The van der Waals surface area contributed by atoms with Crippen molar-refractivity contribution in [2.75, 3.05) is 6.54 Å². The minimum absolute atomic E-state index is 0.0928. The van der Waals surface area contributed by atoms with Gasteiger partial charge >= 0.3 is 0 Å². The molecule has 2 amide bonds. The average Bonchev–Trinajstić information content (AvgIpc) is 2.57. The van der Waals surface area contributed by atoms with Crippen molar-refractivity contribution < 1.29 is 9.59 Å². The van der Waals surface area contributed by atoms with Crippen molar-refractivity contribution in [3.63, 3.8) is 0 Å². The first-order valence-corrected chi connectivity index (χ1v) is 7.44. The lowest BCUT2D eigenvalue weighted by Crippen LogP contribution is -2.42. The zero-order valence-corrected chi connectivity index (χ0v) is 13.0. The van der Waals surface area contributed by atoms with Gasteiger partial charge in [0.05, 0.1) is 6.04 Å². The number of nitrogens with two attached hydrogens (primary N) is 2. The summed E-state index contributed by atoms with van der Waals surface area (Å²) in [5.41, 5.74) is 12.4. The van der Waals surface area contributed by atoms with Gasteiger partial charge in [0.1, 0.15) is 0 Å². The summed E-state index contributed by atoms with van der Waals surface area (Å²) in [5, 5.41) is 2.89. The number of nitrogens with one attached hydrogen (secondary N) is 1. The topological polar surface area (TPSA) is 98.2 Å². The smallest absolute Gasteiger partial charge is 0.237 e. The fraction of sp³-hybridized carbons (Fsp3) is 0.222. The Kier molecular flexibility index (Phi) is 8.78. The third kappa shape index (κ3) is 7.78. The predicted octanol–water partition coefficient (Wildman–Crippen LogP) is 1.02. The van der Waals surface area contributed by atoms with E-state index in [1.807, 2.05) is 48.5 Å². The summed E-state index contributed by atoms with van der Waals surface area (Å²) in [4.78, 5) is 20.5. The summed E-state index contributed by atoms with van der Waals surface area (Å²) in [6.45, 7) is 0.616. The molecule has 5 N–H and O–H groups in total. The SMILES string of the molecule is NC(Cc1ccccc1)C(=O)NCCc1ccccc1.NC=O. The van der Waals surface area contributed by atoms with Crippen LogP contribution in [0.15, 0.2) is 60.7 Å². The molecule has 1 unspecified atom stereocenters. The van der Waals surface area contributed by atoms with Crippen molar-refractivity contribution in [2.24, 2.45) is 11.5 Å². The Morgan fingerprint density at radius 1 is 1.00 bits per heavy atom. The van der Waals surface area contributed by atoms with Gasteiger partial charge in [0.25, 0.3) is 0 Å². The number of carbonyl (C=O) groups excluding carboxylic acids is 2. The molecule has 5 heteroatoms. The Hall–Kier alpha value is -2.66. The molecule has 0 aliphatic rings. The van der Waals surface area contributed by atoms with Crippen LogP contribution in [-0.2, 0) is 22.4 Å². The predicted molar refractivity (Wildman–Crippen MR) is 91.5 cm³/mol. The van der Waals surface area contributed by atoms with Gasteiger partial charge in [0, 0.05) is 6.54 Å². The van der Waals surface area contributed by atoms with Crippen LogP contribution in [0.5, 0.6) is 0 Å². The van der Waals surface area contributed by atoms with Gasteiger partial charge in [-0.15, -0.1) is 0 Å². The lowest BCUT2D eigenvalue weighted by atomic mass is 10.1. The number of primary amides is 1. The molecule has 0 bridgehead atoms. The number of hydrogen-bond donors (Lipinski definition) is 3. The summed E-state index contributed by atoms with van der Waals surface area (Å²) in [5.74, 6) is -0.0928. The third-order valence-electron chi connectivity index (χ3n) is 3.19. The monoisotopic (exact) mass is 313 g/mol. The minimum atomic E-state index is -0.492. The molecular weight excluding hydrogens is 290 g/mol. The highest BCUT2D eigenvalue weighted by Gasteiger charge is 2.13. The first-order valence-electron chi connectivity index (χ1n) is 7.44. The lowest BCUT2D eigenvalue weighted by Gasteiger charge is -2.12. The van der Waals surface area contributed by atoms with E-state index >= 15 is 0 Å². The Morgan fingerprint density at radius 2 is 1.48 bits per heavy atom. The first-order chi connectivity index (χ1) is 11.2. The van der Waals surface area contributed by atoms with Crippen LogP contribution in [0.2, 0.25) is 0 Å². The summed E-state index contributed by atoms with van der Waals surface area (Å²) in [6.07, 6.45) is 1.64. The number of amides is 2. The van der Waals surface area contributed by atoms with Crippen molar-refractivity contribution >= 4 is 12.3 Å². The number of benzene rings is 2. The van der Waals surface area contributed by atoms with Gasteiger partial charge in [-0.25, -0.2) is 0 Å². The van der Waals surface area contributed by atoms with E-state index in [9.17, 15) is 4.79 Å². The molecule has 2 aromatic carbocycles. The molecule has 23 heavy (non-hydrogen) atoms. The van der Waals surface area contributed by atoms with E-state index in [4.69, 9.17) is 10.5 Å². The van der Waals surface area contributed by atoms with Crippen LogP contribution in [-0.4, -0.2) is 24.9 Å². The molecule has 5 nitrogen and oxygen atoms in total. The molecule has 0 aliphatic carbocycles. The van der Waals surface area contributed by atoms with Crippen LogP contribution in [0.25, 0.3) is 0 Å². The summed E-state index contributed by atoms with van der Waals surface area (Å²) < 4.78 is 0. The van der Waals surface area contributed by atoms with Crippen LogP contribution >= 0.6 is 0 Å². The molecular formula is C18H23N3O2. The van der Waals surface area contributed by atoms with Gasteiger partial charge in [0.15, 0.2) is 0 Å². The zero-order valence-electron chi connectivity index (χ0n) is 13.0. The van der Waals surface area contributed by atoms with E-state index in [0.717, 1.165) is 12.0 Å². The maximum Gasteiger partial charge on any atom is 0.237 e. The van der Waals surface area contributed by atoms with Crippen molar-refractivity contribution in [3.05, 3.63) is 71.8 Å².